The number of aromatic nitrogens is 1. The molecule has 0 atom stereocenters. The van der Waals surface area contributed by atoms with Crippen LogP contribution >= 0.6 is 31.9 Å². The van der Waals surface area contributed by atoms with Gasteiger partial charge >= 0.3 is 0 Å². The lowest BCUT2D eigenvalue weighted by Gasteiger charge is -2.10. The van der Waals surface area contributed by atoms with Crippen molar-refractivity contribution in [3.05, 3.63) is 69.4 Å². The van der Waals surface area contributed by atoms with Crippen molar-refractivity contribution in [2.45, 2.75) is 6.54 Å². The maximum absolute atomic E-state index is 4.15. The van der Waals surface area contributed by atoms with Crippen LogP contribution in [0.5, 0.6) is 0 Å². The number of hydrogen-bond donors (Lipinski definition) is 1. The van der Waals surface area contributed by atoms with Gasteiger partial charge < -0.3 is 5.32 Å². The first kappa shape index (κ1) is 13.6. The summed E-state index contributed by atoms with van der Waals surface area (Å²) >= 11 is 7.01. The fraction of sp³-hybridized carbons (Fsp3) is 0.0625. The first-order valence-corrected chi connectivity index (χ1v) is 7.83. The zero-order valence-electron chi connectivity index (χ0n) is 10.6. The highest BCUT2D eigenvalue weighted by atomic mass is 79.9. The molecule has 0 radical (unpaired) electrons. The molecule has 0 bridgehead atoms. The van der Waals surface area contributed by atoms with Gasteiger partial charge in [-0.05, 0) is 61.7 Å². The van der Waals surface area contributed by atoms with Gasteiger partial charge in [0.15, 0.2) is 0 Å². The van der Waals surface area contributed by atoms with Gasteiger partial charge in [-0.25, -0.2) is 0 Å². The van der Waals surface area contributed by atoms with Crippen LogP contribution in [0.2, 0.25) is 0 Å². The van der Waals surface area contributed by atoms with E-state index in [0.717, 1.165) is 26.6 Å². The first-order valence-electron chi connectivity index (χ1n) is 6.24. The van der Waals surface area contributed by atoms with Gasteiger partial charge in [-0.15, -0.1) is 0 Å². The van der Waals surface area contributed by atoms with E-state index in [1.807, 2.05) is 30.6 Å². The van der Waals surface area contributed by atoms with Crippen LogP contribution in [-0.4, -0.2) is 4.98 Å². The molecule has 2 nitrogen and oxygen atoms in total. The zero-order valence-corrected chi connectivity index (χ0v) is 13.8. The van der Waals surface area contributed by atoms with Gasteiger partial charge in [-0.1, -0.05) is 18.2 Å². The molecule has 0 aliphatic rings. The highest BCUT2D eigenvalue weighted by molar-refractivity contribution is 9.13. The van der Waals surface area contributed by atoms with E-state index in [1.54, 1.807) is 0 Å². The SMILES string of the molecule is Brc1ccc(CNc2cccc3cnccc23)cc1Br. The Balaban J connectivity index is 1.85. The average molecular weight is 392 g/mol. The van der Waals surface area contributed by atoms with Crippen LogP contribution in [0.1, 0.15) is 5.56 Å². The second-order valence-corrected chi connectivity index (χ2v) is 6.21. The van der Waals surface area contributed by atoms with Gasteiger partial charge in [0.25, 0.3) is 0 Å². The standard InChI is InChI=1S/C16H12Br2N2/c17-14-5-4-11(8-15(14)18)9-20-16-3-1-2-12-10-19-7-6-13(12)16/h1-8,10,20H,9H2. The third-order valence-corrected chi connectivity index (χ3v) is 5.03. The van der Waals surface area contributed by atoms with E-state index < -0.39 is 0 Å². The number of rotatable bonds is 3. The van der Waals surface area contributed by atoms with Crippen molar-refractivity contribution >= 4 is 48.3 Å². The summed E-state index contributed by atoms with van der Waals surface area (Å²) in [6.45, 7) is 0.785. The molecule has 0 aliphatic heterocycles. The number of fused-ring (bicyclic) bond motifs is 1. The lowest BCUT2D eigenvalue weighted by molar-refractivity contribution is 1.15. The van der Waals surface area contributed by atoms with Crippen molar-refractivity contribution in [3.8, 4) is 0 Å². The summed E-state index contributed by atoms with van der Waals surface area (Å²) in [6, 6.07) is 14.5. The highest BCUT2D eigenvalue weighted by Crippen LogP contribution is 2.26. The van der Waals surface area contributed by atoms with Crippen molar-refractivity contribution in [1.29, 1.82) is 0 Å². The van der Waals surface area contributed by atoms with Gasteiger partial charge in [0.2, 0.25) is 0 Å². The number of pyridine rings is 1. The topological polar surface area (TPSA) is 24.9 Å². The summed E-state index contributed by atoms with van der Waals surface area (Å²) in [5.41, 5.74) is 2.36. The maximum Gasteiger partial charge on any atom is 0.0423 e. The molecule has 0 spiro atoms. The molecule has 20 heavy (non-hydrogen) atoms. The molecule has 0 fully saturated rings. The number of halogens is 2. The molecule has 100 valence electrons. The number of benzene rings is 2. The van der Waals surface area contributed by atoms with Crippen LogP contribution in [0.25, 0.3) is 10.8 Å². The number of hydrogen-bond acceptors (Lipinski definition) is 2. The van der Waals surface area contributed by atoms with Crippen LogP contribution in [0.15, 0.2) is 63.8 Å². The molecule has 3 rings (SSSR count). The van der Waals surface area contributed by atoms with Crippen LogP contribution in [0.3, 0.4) is 0 Å². The third-order valence-electron chi connectivity index (χ3n) is 3.15. The average Bonchev–Trinajstić information content (AvgIpc) is 2.48. The predicted octanol–water partition coefficient (Wildman–Crippen LogP) is 5.37. The molecule has 3 aromatic rings. The molecule has 1 N–H and O–H groups in total. The number of nitrogens with one attached hydrogen (secondary N) is 1. The van der Waals surface area contributed by atoms with E-state index >= 15 is 0 Å². The molecule has 1 heterocycles. The number of nitrogens with zero attached hydrogens (tertiary/aromatic N) is 1. The summed E-state index contributed by atoms with van der Waals surface area (Å²) in [4.78, 5) is 4.15. The Hall–Kier alpha value is -1.39. The van der Waals surface area contributed by atoms with Crippen molar-refractivity contribution in [2.75, 3.05) is 5.32 Å². The summed E-state index contributed by atoms with van der Waals surface area (Å²) in [5, 5.41) is 5.83. The largest absolute Gasteiger partial charge is 0.380 e. The fourth-order valence-electron chi connectivity index (χ4n) is 2.12. The van der Waals surface area contributed by atoms with Gasteiger partial charge in [0.05, 0.1) is 0 Å². The minimum Gasteiger partial charge on any atom is -0.380 e. The van der Waals surface area contributed by atoms with Gasteiger partial charge in [-0.3, -0.25) is 4.98 Å². The Bertz CT molecular complexity index is 751. The van der Waals surface area contributed by atoms with Gasteiger partial charge in [-0.2, -0.15) is 0 Å². The monoisotopic (exact) mass is 390 g/mol. The number of anilines is 1. The molecule has 0 amide bonds. The Morgan fingerprint density at radius 1 is 1.00 bits per heavy atom. The normalized spacial score (nSPS) is 10.7. The Labute approximate surface area is 134 Å². The van der Waals surface area contributed by atoms with Crippen molar-refractivity contribution in [3.63, 3.8) is 0 Å². The van der Waals surface area contributed by atoms with Gasteiger partial charge in [0, 0.05) is 44.3 Å². The van der Waals surface area contributed by atoms with Crippen LogP contribution in [0.4, 0.5) is 5.69 Å². The zero-order chi connectivity index (χ0) is 13.9. The second-order valence-electron chi connectivity index (χ2n) is 4.50. The highest BCUT2D eigenvalue weighted by Gasteiger charge is 2.02. The Morgan fingerprint density at radius 2 is 1.90 bits per heavy atom. The predicted molar refractivity (Wildman–Crippen MR) is 90.9 cm³/mol. The molecule has 0 aliphatic carbocycles. The van der Waals surface area contributed by atoms with Crippen LogP contribution in [0, 0.1) is 0 Å². The summed E-state index contributed by atoms with van der Waals surface area (Å²) in [7, 11) is 0. The lowest BCUT2D eigenvalue weighted by atomic mass is 10.1. The van der Waals surface area contributed by atoms with E-state index in [0.29, 0.717) is 0 Å². The van der Waals surface area contributed by atoms with Crippen molar-refractivity contribution < 1.29 is 0 Å². The molecule has 0 saturated carbocycles. The molecule has 2 aromatic carbocycles. The smallest absolute Gasteiger partial charge is 0.0423 e. The Kier molecular flexibility index (Phi) is 4.03. The minimum atomic E-state index is 0.785. The first-order chi connectivity index (χ1) is 9.74. The van der Waals surface area contributed by atoms with E-state index in [1.165, 1.54) is 10.9 Å². The van der Waals surface area contributed by atoms with Crippen molar-refractivity contribution in [1.82, 2.24) is 4.98 Å². The van der Waals surface area contributed by atoms with Gasteiger partial charge in [0.1, 0.15) is 0 Å². The molecular formula is C16H12Br2N2. The molecule has 0 saturated heterocycles. The van der Waals surface area contributed by atoms with Crippen LogP contribution < -0.4 is 5.32 Å². The van der Waals surface area contributed by atoms with Crippen molar-refractivity contribution in [2.24, 2.45) is 0 Å². The lowest BCUT2D eigenvalue weighted by Crippen LogP contribution is -2.00. The Morgan fingerprint density at radius 3 is 2.75 bits per heavy atom. The molecule has 1 aromatic heterocycles. The van der Waals surface area contributed by atoms with E-state index in [4.69, 9.17) is 0 Å². The third kappa shape index (κ3) is 2.86. The summed E-state index contributed by atoms with van der Waals surface area (Å²) in [5.74, 6) is 0. The van der Waals surface area contributed by atoms with E-state index in [2.05, 4.69) is 66.4 Å². The second kappa shape index (κ2) is 5.94. The maximum atomic E-state index is 4.15. The fourth-order valence-corrected chi connectivity index (χ4v) is 2.80. The molecule has 0 unspecified atom stereocenters. The van der Waals surface area contributed by atoms with E-state index in [9.17, 15) is 0 Å². The van der Waals surface area contributed by atoms with Crippen LogP contribution in [-0.2, 0) is 6.54 Å². The molecule has 4 heteroatoms. The molecular weight excluding hydrogens is 380 g/mol. The van der Waals surface area contributed by atoms with E-state index in [-0.39, 0.29) is 0 Å². The quantitative estimate of drug-likeness (QED) is 0.648. The minimum absolute atomic E-state index is 0.785. The summed E-state index contributed by atoms with van der Waals surface area (Å²) in [6.07, 6.45) is 3.71. The summed E-state index contributed by atoms with van der Waals surface area (Å²) < 4.78 is 2.14.